The van der Waals surface area contributed by atoms with Gasteiger partial charge in [0.15, 0.2) is 0 Å². The normalized spacial score (nSPS) is 18.5. The second kappa shape index (κ2) is 8.77. The van der Waals surface area contributed by atoms with Crippen LogP contribution in [0, 0.1) is 5.92 Å². The van der Waals surface area contributed by atoms with Crippen molar-refractivity contribution in [2.24, 2.45) is 5.92 Å². The summed E-state index contributed by atoms with van der Waals surface area (Å²) in [6.45, 7) is 9.66. The number of benzene rings is 1. The number of piperidine rings is 1. The zero-order valence-corrected chi connectivity index (χ0v) is 14.4. The van der Waals surface area contributed by atoms with Crippen molar-refractivity contribution in [1.29, 1.82) is 0 Å². The number of likely N-dealkylation sites (tertiary alicyclic amines) is 1. The summed E-state index contributed by atoms with van der Waals surface area (Å²) in [4.78, 5) is 14.6. The van der Waals surface area contributed by atoms with Crippen molar-refractivity contribution >= 4 is 11.6 Å². The smallest absolute Gasteiger partial charge is 0.238 e. The van der Waals surface area contributed by atoms with Gasteiger partial charge in [0, 0.05) is 12.6 Å². The van der Waals surface area contributed by atoms with Crippen LogP contribution in [0.1, 0.15) is 33.6 Å². The number of nitrogens with zero attached hydrogens (tertiary/aromatic N) is 1. The highest BCUT2D eigenvalue weighted by Gasteiger charge is 2.19. The van der Waals surface area contributed by atoms with Crippen molar-refractivity contribution in [1.82, 2.24) is 4.90 Å². The summed E-state index contributed by atoms with van der Waals surface area (Å²) in [5, 5.41) is 2.97. The van der Waals surface area contributed by atoms with E-state index in [0.29, 0.717) is 37.1 Å². The van der Waals surface area contributed by atoms with Gasteiger partial charge in [-0.2, -0.15) is 0 Å². The standard InChI is InChI=1S/C18H28N2O3/c1-4-22-15-8-9-17(23-5-2)16(11-15)19-18(21)13-20-10-6-7-14(3)12-20/h8-9,11,14H,4-7,10,12-13H2,1-3H3,(H,19,21). The number of carbonyl (C=O) groups is 1. The predicted molar refractivity (Wildman–Crippen MR) is 92.2 cm³/mol. The number of hydrogen-bond acceptors (Lipinski definition) is 4. The number of nitrogens with one attached hydrogen (secondary N) is 1. The molecule has 2 rings (SSSR count). The third kappa shape index (κ3) is 5.43. The van der Waals surface area contributed by atoms with E-state index in [2.05, 4.69) is 17.1 Å². The highest BCUT2D eigenvalue weighted by molar-refractivity contribution is 5.94. The Morgan fingerprint density at radius 1 is 1.30 bits per heavy atom. The van der Waals surface area contributed by atoms with Gasteiger partial charge in [-0.25, -0.2) is 0 Å². The Hall–Kier alpha value is -1.75. The summed E-state index contributed by atoms with van der Waals surface area (Å²) in [6, 6.07) is 5.52. The molecular formula is C18H28N2O3. The highest BCUT2D eigenvalue weighted by Crippen LogP contribution is 2.29. The molecule has 1 heterocycles. The van der Waals surface area contributed by atoms with E-state index < -0.39 is 0 Å². The lowest BCUT2D eigenvalue weighted by Crippen LogP contribution is -2.39. The molecule has 0 bridgehead atoms. The number of hydrogen-bond donors (Lipinski definition) is 1. The van der Waals surface area contributed by atoms with Gasteiger partial charge in [-0.15, -0.1) is 0 Å². The molecule has 1 aliphatic heterocycles. The summed E-state index contributed by atoms with van der Waals surface area (Å²) in [5.41, 5.74) is 0.674. The van der Waals surface area contributed by atoms with Crippen LogP contribution in [0.5, 0.6) is 11.5 Å². The van der Waals surface area contributed by atoms with E-state index in [1.165, 1.54) is 12.8 Å². The molecule has 1 atom stereocenters. The molecule has 0 saturated carbocycles. The van der Waals surface area contributed by atoms with E-state index in [9.17, 15) is 4.79 Å². The van der Waals surface area contributed by atoms with E-state index in [-0.39, 0.29) is 5.91 Å². The number of ether oxygens (including phenoxy) is 2. The van der Waals surface area contributed by atoms with E-state index in [1.807, 2.05) is 32.0 Å². The summed E-state index contributed by atoms with van der Waals surface area (Å²) in [7, 11) is 0. The van der Waals surface area contributed by atoms with Gasteiger partial charge in [0.05, 0.1) is 25.4 Å². The molecule has 1 N–H and O–H groups in total. The molecule has 5 nitrogen and oxygen atoms in total. The highest BCUT2D eigenvalue weighted by atomic mass is 16.5. The average Bonchev–Trinajstić information content (AvgIpc) is 2.50. The summed E-state index contributed by atoms with van der Waals surface area (Å²) in [6.07, 6.45) is 2.42. The van der Waals surface area contributed by atoms with E-state index in [0.717, 1.165) is 18.8 Å². The van der Waals surface area contributed by atoms with Crippen LogP contribution in [0.2, 0.25) is 0 Å². The molecule has 0 radical (unpaired) electrons. The van der Waals surface area contributed by atoms with Crippen molar-refractivity contribution in [3.8, 4) is 11.5 Å². The molecule has 1 aromatic rings. The molecule has 128 valence electrons. The first-order valence-corrected chi connectivity index (χ1v) is 8.54. The Balaban J connectivity index is 2.01. The number of carbonyl (C=O) groups excluding carboxylic acids is 1. The molecule has 5 heteroatoms. The van der Waals surface area contributed by atoms with Crippen LogP contribution < -0.4 is 14.8 Å². The molecule has 0 aromatic heterocycles. The Morgan fingerprint density at radius 2 is 2.09 bits per heavy atom. The van der Waals surface area contributed by atoms with Gasteiger partial charge in [-0.3, -0.25) is 9.69 Å². The first kappa shape index (κ1) is 17.6. The monoisotopic (exact) mass is 320 g/mol. The van der Waals surface area contributed by atoms with Crippen LogP contribution in [-0.2, 0) is 4.79 Å². The predicted octanol–water partition coefficient (Wildman–Crippen LogP) is 3.15. The van der Waals surface area contributed by atoms with Crippen molar-refractivity contribution in [2.75, 3.05) is 38.2 Å². The number of amides is 1. The van der Waals surface area contributed by atoms with Gasteiger partial charge in [0.1, 0.15) is 11.5 Å². The lowest BCUT2D eigenvalue weighted by Gasteiger charge is -2.30. The average molecular weight is 320 g/mol. The van der Waals surface area contributed by atoms with Crippen molar-refractivity contribution in [3.05, 3.63) is 18.2 Å². The largest absolute Gasteiger partial charge is 0.494 e. The fourth-order valence-corrected chi connectivity index (χ4v) is 2.97. The minimum absolute atomic E-state index is 0.00583. The second-order valence-electron chi connectivity index (χ2n) is 6.05. The zero-order valence-electron chi connectivity index (χ0n) is 14.4. The van der Waals surface area contributed by atoms with E-state index >= 15 is 0 Å². The van der Waals surface area contributed by atoms with Crippen molar-refractivity contribution in [3.63, 3.8) is 0 Å². The molecule has 1 amide bonds. The van der Waals surface area contributed by atoms with Gasteiger partial charge < -0.3 is 14.8 Å². The van der Waals surface area contributed by atoms with Gasteiger partial charge in [-0.05, 0) is 51.3 Å². The summed E-state index contributed by atoms with van der Waals surface area (Å²) in [5.74, 6) is 2.07. The zero-order chi connectivity index (χ0) is 16.7. The third-order valence-electron chi connectivity index (χ3n) is 3.94. The van der Waals surface area contributed by atoms with Crippen LogP contribution in [0.4, 0.5) is 5.69 Å². The van der Waals surface area contributed by atoms with Crippen LogP contribution in [0.15, 0.2) is 18.2 Å². The van der Waals surface area contributed by atoms with Crippen LogP contribution in [0.3, 0.4) is 0 Å². The molecule has 0 spiro atoms. The minimum Gasteiger partial charge on any atom is -0.494 e. The van der Waals surface area contributed by atoms with E-state index in [1.54, 1.807) is 0 Å². The van der Waals surface area contributed by atoms with Crippen LogP contribution in [-0.4, -0.2) is 43.7 Å². The fraction of sp³-hybridized carbons (Fsp3) is 0.611. The molecule has 1 aliphatic rings. The molecule has 0 aliphatic carbocycles. The number of anilines is 1. The molecule has 1 aromatic carbocycles. The van der Waals surface area contributed by atoms with Gasteiger partial charge in [0.2, 0.25) is 5.91 Å². The van der Waals surface area contributed by atoms with E-state index in [4.69, 9.17) is 9.47 Å². The van der Waals surface area contributed by atoms with Crippen LogP contribution in [0.25, 0.3) is 0 Å². The minimum atomic E-state index is -0.00583. The van der Waals surface area contributed by atoms with Gasteiger partial charge in [-0.1, -0.05) is 6.92 Å². The topological polar surface area (TPSA) is 50.8 Å². The maximum Gasteiger partial charge on any atom is 0.238 e. The molecule has 1 fully saturated rings. The first-order valence-electron chi connectivity index (χ1n) is 8.54. The molecule has 1 unspecified atom stereocenters. The summed E-state index contributed by atoms with van der Waals surface area (Å²) >= 11 is 0. The Morgan fingerprint density at radius 3 is 2.78 bits per heavy atom. The van der Waals surface area contributed by atoms with Gasteiger partial charge in [0.25, 0.3) is 0 Å². The Labute approximate surface area is 139 Å². The van der Waals surface area contributed by atoms with Crippen molar-refractivity contribution < 1.29 is 14.3 Å². The fourth-order valence-electron chi connectivity index (χ4n) is 2.97. The van der Waals surface area contributed by atoms with Crippen molar-refractivity contribution in [2.45, 2.75) is 33.6 Å². The maximum absolute atomic E-state index is 12.4. The SMILES string of the molecule is CCOc1ccc(OCC)c(NC(=O)CN2CCCC(C)C2)c1. The molecular weight excluding hydrogens is 292 g/mol. The quantitative estimate of drug-likeness (QED) is 0.838. The van der Waals surface area contributed by atoms with Gasteiger partial charge >= 0.3 is 0 Å². The maximum atomic E-state index is 12.4. The van der Waals surface area contributed by atoms with Crippen LogP contribution >= 0.6 is 0 Å². The third-order valence-corrected chi connectivity index (χ3v) is 3.94. The Bertz CT molecular complexity index is 519. The lowest BCUT2D eigenvalue weighted by molar-refractivity contribution is -0.117. The number of rotatable bonds is 7. The molecule has 1 saturated heterocycles. The first-order chi connectivity index (χ1) is 11.1. The molecule has 23 heavy (non-hydrogen) atoms. The summed E-state index contributed by atoms with van der Waals surface area (Å²) < 4.78 is 11.1. The lowest BCUT2D eigenvalue weighted by atomic mass is 10.0. The second-order valence-corrected chi connectivity index (χ2v) is 6.05. The Kier molecular flexibility index (Phi) is 6.71.